The molecule has 0 bridgehead atoms. The van der Waals surface area contributed by atoms with E-state index in [0.29, 0.717) is 22.4 Å². The minimum Gasteiger partial charge on any atom is -0.494 e. The third-order valence-electron chi connectivity index (χ3n) is 5.78. The van der Waals surface area contributed by atoms with Crippen molar-refractivity contribution in [2.24, 2.45) is 0 Å². The summed E-state index contributed by atoms with van der Waals surface area (Å²) in [5.41, 5.74) is 3.56. The summed E-state index contributed by atoms with van der Waals surface area (Å²) in [4.78, 5) is 15.5. The van der Waals surface area contributed by atoms with Crippen LogP contribution in [-0.4, -0.2) is 38.1 Å². The number of unbranched alkanes of at least 4 members (excludes halogenated alkanes) is 3. The van der Waals surface area contributed by atoms with Crippen LogP contribution in [0.2, 0.25) is 0 Å². The summed E-state index contributed by atoms with van der Waals surface area (Å²) in [6, 6.07) is 18.0. The van der Waals surface area contributed by atoms with Gasteiger partial charge in [0.2, 0.25) is 0 Å². The zero-order valence-electron chi connectivity index (χ0n) is 20.3. The smallest absolute Gasteiger partial charge is 0.266 e. The molecular formula is C28H31N3O2S2. The molecule has 0 radical (unpaired) electrons. The molecule has 0 saturated carbocycles. The first kappa shape index (κ1) is 25.2. The molecule has 1 aliphatic heterocycles. The summed E-state index contributed by atoms with van der Waals surface area (Å²) in [7, 11) is 0. The van der Waals surface area contributed by atoms with Crippen molar-refractivity contribution >= 4 is 40.3 Å². The largest absolute Gasteiger partial charge is 0.494 e. The number of thiocarbonyl (C=S) groups is 1. The van der Waals surface area contributed by atoms with Crippen LogP contribution in [0.15, 0.2) is 65.7 Å². The van der Waals surface area contributed by atoms with Gasteiger partial charge in [-0.3, -0.25) is 9.69 Å². The first-order valence-electron chi connectivity index (χ1n) is 12.2. The number of carbonyl (C=O) groups is 1. The van der Waals surface area contributed by atoms with Gasteiger partial charge in [0.15, 0.2) is 0 Å². The molecule has 5 nitrogen and oxygen atoms in total. The van der Waals surface area contributed by atoms with Crippen LogP contribution in [0, 0.1) is 0 Å². The van der Waals surface area contributed by atoms with Crippen molar-refractivity contribution < 1.29 is 9.53 Å². The van der Waals surface area contributed by atoms with Gasteiger partial charge in [0, 0.05) is 23.9 Å². The zero-order chi connectivity index (χ0) is 24.6. The molecule has 1 aromatic heterocycles. The van der Waals surface area contributed by atoms with E-state index in [1.54, 1.807) is 4.90 Å². The van der Waals surface area contributed by atoms with Crippen molar-refractivity contribution in [3.63, 3.8) is 0 Å². The van der Waals surface area contributed by atoms with E-state index in [9.17, 15) is 4.79 Å². The lowest BCUT2D eigenvalue weighted by Crippen LogP contribution is -2.28. The number of rotatable bonds is 11. The Morgan fingerprint density at radius 3 is 2.60 bits per heavy atom. The van der Waals surface area contributed by atoms with Gasteiger partial charge < -0.3 is 4.74 Å². The van der Waals surface area contributed by atoms with E-state index in [0.717, 1.165) is 60.4 Å². The van der Waals surface area contributed by atoms with Gasteiger partial charge in [-0.15, -0.1) is 0 Å². The number of thioether (sulfide) groups is 1. The van der Waals surface area contributed by atoms with E-state index in [1.165, 1.54) is 11.8 Å². The van der Waals surface area contributed by atoms with Gasteiger partial charge in [0.25, 0.3) is 5.91 Å². The van der Waals surface area contributed by atoms with Crippen molar-refractivity contribution in [1.29, 1.82) is 0 Å². The van der Waals surface area contributed by atoms with E-state index in [2.05, 4.69) is 13.8 Å². The standard InChI is InChI=1S/C28H31N3O2S2/c1-3-5-10-16-30-27(32)25(35-28(30)34)19-22-20-31(23-13-8-7-9-14-23)29-26(22)21-12-11-15-24(18-21)33-17-6-4-2/h7-9,11-15,18-20H,3-6,10,16-17H2,1-2H3/b25-19-. The van der Waals surface area contributed by atoms with Crippen molar-refractivity contribution in [3.05, 3.63) is 71.3 Å². The molecule has 1 aliphatic rings. The summed E-state index contributed by atoms with van der Waals surface area (Å²) in [5, 5.41) is 4.90. The monoisotopic (exact) mass is 505 g/mol. The number of hydrogen-bond acceptors (Lipinski definition) is 5. The van der Waals surface area contributed by atoms with Gasteiger partial charge in [-0.25, -0.2) is 4.68 Å². The molecule has 4 rings (SSSR count). The minimum atomic E-state index is -0.0221. The highest BCUT2D eigenvalue weighted by Gasteiger charge is 2.32. The Morgan fingerprint density at radius 1 is 1.03 bits per heavy atom. The van der Waals surface area contributed by atoms with Crippen LogP contribution in [0.3, 0.4) is 0 Å². The maximum Gasteiger partial charge on any atom is 0.266 e. The molecule has 0 N–H and O–H groups in total. The van der Waals surface area contributed by atoms with Gasteiger partial charge in [0.05, 0.1) is 17.2 Å². The Balaban J connectivity index is 1.69. The second kappa shape index (κ2) is 12.2. The number of hydrogen-bond donors (Lipinski definition) is 0. The normalized spacial score (nSPS) is 14.8. The topological polar surface area (TPSA) is 47.4 Å². The van der Waals surface area contributed by atoms with Crippen LogP contribution in [0.5, 0.6) is 5.75 Å². The van der Waals surface area contributed by atoms with Gasteiger partial charge in [0.1, 0.15) is 15.8 Å². The van der Waals surface area contributed by atoms with Crippen molar-refractivity contribution in [2.45, 2.75) is 46.0 Å². The Kier molecular flexibility index (Phi) is 8.77. The maximum absolute atomic E-state index is 13.1. The first-order valence-corrected chi connectivity index (χ1v) is 13.5. The average Bonchev–Trinajstić information content (AvgIpc) is 3.41. The predicted octanol–water partition coefficient (Wildman–Crippen LogP) is 7.11. The summed E-state index contributed by atoms with van der Waals surface area (Å²) in [6.45, 7) is 5.66. The fourth-order valence-electron chi connectivity index (χ4n) is 3.85. The Hall–Kier alpha value is -2.90. The summed E-state index contributed by atoms with van der Waals surface area (Å²) >= 11 is 6.89. The number of aromatic nitrogens is 2. The maximum atomic E-state index is 13.1. The number of nitrogens with zero attached hydrogens (tertiary/aromatic N) is 3. The predicted molar refractivity (Wildman–Crippen MR) is 149 cm³/mol. The molecule has 2 aromatic carbocycles. The van der Waals surface area contributed by atoms with Crippen LogP contribution >= 0.6 is 24.0 Å². The summed E-state index contributed by atoms with van der Waals surface area (Å²) in [6.07, 6.45) is 9.14. The van der Waals surface area contributed by atoms with E-state index >= 15 is 0 Å². The van der Waals surface area contributed by atoms with Crippen LogP contribution in [0.25, 0.3) is 23.0 Å². The highest BCUT2D eigenvalue weighted by molar-refractivity contribution is 8.26. The van der Waals surface area contributed by atoms with Crippen molar-refractivity contribution in [1.82, 2.24) is 14.7 Å². The van der Waals surface area contributed by atoms with Gasteiger partial charge >= 0.3 is 0 Å². The number of para-hydroxylation sites is 1. The van der Waals surface area contributed by atoms with Crippen molar-refractivity contribution in [3.8, 4) is 22.7 Å². The van der Waals surface area contributed by atoms with Crippen LogP contribution < -0.4 is 4.74 Å². The van der Waals surface area contributed by atoms with E-state index in [4.69, 9.17) is 22.1 Å². The van der Waals surface area contributed by atoms with Crippen LogP contribution in [0.4, 0.5) is 0 Å². The lowest BCUT2D eigenvalue weighted by molar-refractivity contribution is -0.122. The summed E-state index contributed by atoms with van der Waals surface area (Å²) < 4.78 is 8.41. The van der Waals surface area contributed by atoms with Crippen molar-refractivity contribution in [2.75, 3.05) is 13.2 Å². The molecule has 1 saturated heterocycles. The van der Waals surface area contributed by atoms with E-state index in [1.807, 2.05) is 71.6 Å². The fraction of sp³-hybridized carbons (Fsp3) is 0.321. The summed E-state index contributed by atoms with van der Waals surface area (Å²) in [5.74, 6) is 0.796. The molecule has 0 atom stereocenters. The quantitative estimate of drug-likeness (QED) is 0.158. The number of carbonyl (C=O) groups excluding carboxylic acids is 1. The molecule has 1 amide bonds. The van der Waals surface area contributed by atoms with Crippen LogP contribution in [-0.2, 0) is 4.79 Å². The number of ether oxygens (including phenoxy) is 1. The molecule has 3 aromatic rings. The molecule has 35 heavy (non-hydrogen) atoms. The Labute approximate surface area is 217 Å². The van der Waals surface area contributed by atoms with Gasteiger partial charge in [-0.1, -0.05) is 87.4 Å². The van der Waals surface area contributed by atoms with Gasteiger partial charge in [-0.2, -0.15) is 5.10 Å². The molecule has 7 heteroatoms. The third-order valence-corrected chi connectivity index (χ3v) is 7.16. The fourth-order valence-corrected chi connectivity index (χ4v) is 5.15. The molecule has 182 valence electrons. The first-order chi connectivity index (χ1) is 17.1. The molecule has 2 heterocycles. The lowest BCUT2D eigenvalue weighted by Gasteiger charge is -2.13. The lowest BCUT2D eigenvalue weighted by atomic mass is 10.1. The van der Waals surface area contributed by atoms with Gasteiger partial charge in [-0.05, 0) is 43.2 Å². The SMILES string of the molecule is CCCCCN1C(=O)/C(=C/c2cn(-c3ccccc3)nc2-c2cccc(OCCCC)c2)SC1=S. The molecule has 0 spiro atoms. The minimum absolute atomic E-state index is 0.0221. The van der Waals surface area contributed by atoms with E-state index < -0.39 is 0 Å². The second-order valence-corrected chi connectivity index (χ2v) is 10.2. The number of amides is 1. The molecular weight excluding hydrogens is 474 g/mol. The molecule has 0 aliphatic carbocycles. The molecule has 0 unspecified atom stereocenters. The molecule has 1 fully saturated rings. The van der Waals surface area contributed by atoms with E-state index in [-0.39, 0.29) is 5.91 Å². The Morgan fingerprint density at radius 2 is 1.83 bits per heavy atom. The third kappa shape index (κ3) is 6.21. The van der Waals surface area contributed by atoms with Crippen LogP contribution in [0.1, 0.15) is 51.5 Å². The highest BCUT2D eigenvalue weighted by Crippen LogP contribution is 2.35. The highest BCUT2D eigenvalue weighted by atomic mass is 32.2. The second-order valence-electron chi connectivity index (χ2n) is 8.48. The Bertz CT molecular complexity index is 1200. The number of benzene rings is 2. The average molecular weight is 506 g/mol. The zero-order valence-corrected chi connectivity index (χ0v) is 21.9.